The molecule has 5 rings (SSSR count). The van der Waals surface area contributed by atoms with E-state index in [2.05, 4.69) is 40.4 Å². The molecular weight excluding hydrogens is 336 g/mol. The number of aromatic amines is 1. The van der Waals surface area contributed by atoms with Crippen LogP contribution in [0.4, 0.5) is 0 Å². The first kappa shape index (κ1) is 16.5. The quantitative estimate of drug-likeness (QED) is 0.703. The van der Waals surface area contributed by atoms with Crippen LogP contribution in [0.3, 0.4) is 0 Å². The van der Waals surface area contributed by atoms with E-state index in [9.17, 15) is 4.79 Å². The standard InChI is InChI=1S/C22H24N4O/c1-14-10-24-22-19(14)9-16(11-25-22)15-7-17-12-26(13-27)6-4-18(17)20(8-15)21-3-2-5-23-21/h7-11,13,21,23H,2-6,12H2,1H3,(H,24,25). The van der Waals surface area contributed by atoms with E-state index in [1.807, 2.05) is 17.3 Å². The molecule has 27 heavy (non-hydrogen) atoms. The van der Waals surface area contributed by atoms with Crippen LogP contribution in [0, 0.1) is 6.92 Å². The molecule has 2 aliphatic rings. The predicted octanol–water partition coefficient (Wildman–Crippen LogP) is 3.48. The van der Waals surface area contributed by atoms with Crippen LogP contribution in [0.15, 0.2) is 30.6 Å². The normalized spacial score (nSPS) is 19.4. The van der Waals surface area contributed by atoms with Crippen molar-refractivity contribution in [2.24, 2.45) is 0 Å². The molecule has 1 atom stereocenters. The number of pyridine rings is 1. The third kappa shape index (κ3) is 2.82. The van der Waals surface area contributed by atoms with Crippen LogP contribution >= 0.6 is 0 Å². The van der Waals surface area contributed by atoms with Crippen LogP contribution in [0.5, 0.6) is 0 Å². The molecule has 1 unspecified atom stereocenters. The maximum absolute atomic E-state index is 11.3. The summed E-state index contributed by atoms with van der Waals surface area (Å²) < 4.78 is 0. The van der Waals surface area contributed by atoms with Gasteiger partial charge in [-0.25, -0.2) is 4.98 Å². The molecule has 2 aliphatic heterocycles. The molecule has 2 aromatic heterocycles. The first-order valence-electron chi connectivity index (χ1n) is 9.75. The molecule has 2 N–H and O–H groups in total. The van der Waals surface area contributed by atoms with Crippen LogP contribution in [0.25, 0.3) is 22.2 Å². The molecule has 0 spiro atoms. The van der Waals surface area contributed by atoms with Crippen molar-refractivity contribution in [2.45, 2.75) is 38.8 Å². The number of carbonyl (C=O) groups excluding carboxylic acids is 1. The fourth-order valence-electron chi connectivity index (χ4n) is 4.57. The summed E-state index contributed by atoms with van der Waals surface area (Å²) in [5.74, 6) is 0. The van der Waals surface area contributed by atoms with Crippen LogP contribution in [0.1, 0.15) is 41.1 Å². The van der Waals surface area contributed by atoms with Crippen molar-refractivity contribution >= 4 is 17.4 Å². The molecule has 1 fully saturated rings. The topological polar surface area (TPSA) is 61.0 Å². The Morgan fingerprint density at radius 3 is 3.00 bits per heavy atom. The zero-order valence-corrected chi connectivity index (χ0v) is 15.6. The van der Waals surface area contributed by atoms with Crippen LogP contribution in [-0.2, 0) is 17.8 Å². The Labute approximate surface area is 158 Å². The van der Waals surface area contributed by atoms with Gasteiger partial charge in [0.1, 0.15) is 5.65 Å². The third-order valence-electron chi connectivity index (χ3n) is 6.06. The first-order chi connectivity index (χ1) is 13.2. The number of nitrogens with one attached hydrogen (secondary N) is 2. The number of aromatic nitrogens is 2. The van der Waals surface area contributed by atoms with E-state index in [0.29, 0.717) is 12.6 Å². The van der Waals surface area contributed by atoms with Gasteiger partial charge in [0.25, 0.3) is 0 Å². The molecule has 5 heteroatoms. The van der Waals surface area contributed by atoms with Crippen molar-refractivity contribution in [3.8, 4) is 11.1 Å². The highest BCUT2D eigenvalue weighted by Crippen LogP contribution is 2.36. The average Bonchev–Trinajstić information content (AvgIpc) is 3.37. The lowest BCUT2D eigenvalue weighted by Crippen LogP contribution is -2.30. The number of rotatable bonds is 3. The second-order valence-corrected chi connectivity index (χ2v) is 7.77. The highest BCUT2D eigenvalue weighted by atomic mass is 16.1. The lowest BCUT2D eigenvalue weighted by molar-refractivity contribution is -0.118. The summed E-state index contributed by atoms with van der Waals surface area (Å²) in [7, 11) is 0. The SMILES string of the molecule is Cc1c[nH]c2ncc(-c3cc4c(c(C5CCCN5)c3)CCN(C=O)C4)cc12. The van der Waals surface area contributed by atoms with Crippen molar-refractivity contribution in [3.63, 3.8) is 0 Å². The summed E-state index contributed by atoms with van der Waals surface area (Å²) in [6, 6.07) is 7.26. The molecule has 0 aliphatic carbocycles. The van der Waals surface area contributed by atoms with Crippen molar-refractivity contribution in [3.05, 3.63) is 52.8 Å². The van der Waals surface area contributed by atoms with E-state index in [1.54, 1.807) is 0 Å². The van der Waals surface area contributed by atoms with Gasteiger partial charge in [-0.15, -0.1) is 0 Å². The van der Waals surface area contributed by atoms with E-state index >= 15 is 0 Å². The molecule has 4 heterocycles. The van der Waals surface area contributed by atoms with Crippen molar-refractivity contribution in [1.29, 1.82) is 0 Å². The number of H-pyrrole nitrogens is 1. The minimum Gasteiger partial charge on any atom is -0.346 e. The van der Waals surface area contributed by atoms with Gasteiger partial charge in [-0.2, -0.15) is 0 Å². The van der Waals surface area contributed by atoms with Gasteiger partial charge in [0.05, 0.1) is 0 Å². The monoisotopic (exact) mass is 360 g/mol. The number of fused-ring (bicyclic) bond motifs is 2. The Morgan fingerprint density at radius 2 is 2.19 bits per heavy atom. The molecule has 5 nitrogen and oxygen atoms in total. The molecule has 3 aromatic rings. The number of carbonyl (C=O) groups is 1. The van der Waals surface area contributed by atoms with Gasteiger partial charge in [-0.3, -0.25) is 4.79 Å². The van der Waals surface area contributed by atoms with E-state index < -0.39 is 0 Å². The van der Waals surface area contributed by atoms with E-state index in [1.165, 1.54) is 46.0 Å². The molecule has 0 saturated carbocycles. The van der Waals surface area contributed by atoms with Gasteiger partial charge in [0.2, 0.25) is 6.41 Å². The lowest BCUT2D eigenvalue weighted by atomic mass is 9.87. The Bertz CT molecular complexity index is 1020. The van der Waals surface area contributed by atoms with E-state index in [-0.39, 0.29) is 0 Å². The molecule has 0 bridgehead atoms. The summed E-state index contributed by atoms with van der Waals surface area (Å²) in [5.41, 5.74) is 8.59. The average molecular weight is 360 g/mol. The minimum atomic E-state index is 0.423. The van der Waals surface area contributed by atoms with Gasteiger partial charge in [0, 0.05) is 42.5 Å². The van der Waals surface area contributed by atoms with Gasteiger partial charge in [0.15, 0.2) is 0 Å². The molecule has 138 valence electrons. The Hall–Kier alpha value is -2.66. The number of nitrogens with zero attached hydrogens (tertiary/aromatic N) is 2. The number of aryl methyl sites for hydroxylation is 1. The fourth-order valence-corrected chi connectivity index (χ4v) is 4.57. The molecule has 1 saturated heterocycles. The number of hydrogen-bond donors (Lipinski definition) is 2. The maximum Gasteiger partial charge on any atom is 0.210 e. The zero-order chi connectivity index (χ0) is 18.4. The second kappa shape index (κ2) is 6.50. The predicted molar refractivity (Wildman–Crippen MR) is 106 cm³/mol. The van der Waals surface area contributed by atoms with Crippen LogP contribution in [0.2, 0.25) is 0 Å². The smallest absolute Gasteiger partial charge is 0.210 e. The van der Waals surface area contributed by atoms with Gasteiger partial charge in [-0.05, 0) is 78.7 Å². The number of benzene rings is 1. The summed E-state index contributed by atoms with van der Waals surface area (Å²) in [4.78, 5) is 21.0. The van der Waals surface area contributed by atoms with E-state index in [4.69, 9.17) is 0 Å². The molecule has 1 aromatic carbocycles. The summed E-state index contributed by atoms with van der Waals surface area (Å²) >= 11 is 0. The first-order valence-corrected chi connectivity index (χ1v) is 9.75. The molecule has 1 amide bonds. The third-order valence-corrected chi connectivity index (χ3v) is 6.06. The van der Waals surface area contributed by atoms with Gasteiger partial charge < -0.3 is 15.2 Å². The van der Waals surface area contributed by atoms with E-state index in [0.717, 1.165) is 37.1 Å². The molecule has 0 radical (unpaired) electrons. The summed E-state index contributed by atoms with van der Waals surface area (Å²) in [6.45, 7) is 4.70. The summed E-state index contributed by atoms with van der Waals surface area (Å²) in [6.07, 6.45) is 8.27. The van der Waals surface area contributed by atoms with Gasteiger partial charge in [-0.1, -0.05) is 0 Å². The van der Waals surface area contributed by atoms with Gasteiger partial charge >= 0.3 is 0 Å². The second-order valence-electron chi connectivity index (χ2n) is 7.77. The van der Waals surface area contributed by atoms with Crippen LogP contribution in [-0.4, -0.2) is 34.4 Å². The Kier molecular flexibility index (Phi) is 3.97. The Morgan fingerprint density at radius 1 is 1.26 bits per heavy atom. The van der Waals surface area contributed by atoms with Crippen molar-refractivity contribution in [1.82, 2.24) is 20.2 Å². The summed E-state index contributed by atoms with van der Waals surface area (Å²) in [5, 5.41) is 4.82. The highest BCUT2D eigenvalue weighted by Gasteiger charge is 2.25. The minimum absolute atomic E-state index is 0.423. The lowest BCUT2D eigenvalue weighted by Gasteiger charge is -2.29. The highest BCUT2D eigenvalue weighted by molar-refractivity contribution is 5.84. The van der Waals surface area contributed by atoms with Crippen molar-refractivity contribution < 1.29 is 4.79 Å². The maximum atomic E-state index is 11.3. The zero-order valence-electron chi connectivity index (χ0n) is 15.6. The molecular formula is C22H24N4O. The largest absolute Gasteiger partial charge is 0.346 e. The Balaban J connectivity index is 1.65. The fraction of sp³-hybridized carbons (Fsp3) is 0.364. The number of amides is 1. The van der Waals surface area contributed by atoms with Crippen molar-refractivity contribution in [2.75, 3.05) is 13.1 Å². The number of hydrogen-bond acceptors (Lipinski definition) is 3. The van der Waals surface area contributed by atoms with Crippen LogP contribution < -0.4 is 5.32 Å².